The number of amides is 1. The number of carbonyl (C=O) groups is 2. The minimum atomic E-state index is -0.915. The Balaban J connectivity index is 2.14. The van der Waals surface area contributed by atoms with Crippen LogP contribution >= 0.6 is 15.9 Å². The number of hydrogen-bond donors (Lipinski definition) is 2. The Bertz CT molecular complexity index is 704. The van der Waals surface area contributed by atoms with E-state index in [9.17, 15) is 14.7 Å². The molecule has 0 spiro atoms. The van der Waals surface area contributed by atoms with Crippen LogP contribution in [-0.2, 0) is 4.79 Å². The van der Waals surface area contributed by atoms with Crippen LogP contribution in [-0.4, -0.2) is 35.1 Å². The Hall–Kier alpha value is -1.56. The van der Waals surface area contributed by atoms with Gasteiger partial charge in [-0.2, -0.15) is 0 Å². The summed E-state index contributed by atoms with van der Waals surface area (Å²) in [6, 6.07) is 3.99. The fraction of sp³-hybridized carbons (Fsp3) is 0.556. The molecule has 5 nitrogen and oxygen atoms in total. The molecule has 3 rings (SSSR count). The van der Waals surface area contributed by atoms with Crippen molar-refractivity contribution in [1.29, 1.82) is 0 Å². The number of aromatic carboxylic acids is 1. The summed E-state index contributed by atoms with van der Waals surface area (Å²) in [6.45, 7) is 8.02. The van der Waals surface area contributed by atoms with E-state index >= 15 is 0 Å². The van der Waals surface area contributed by atoms with Crippen molar-refractivity contribution in [2.75, 3.05) is 4.90 Å². The maximum Gasteiger partial charge on any atom is 0.335 e. The Kier molecular flexibility index (Phi) is 4.36. The molecule has 2 N–H and O–H groups in total. The van der Waals surface area contributed by atoms with E-state index < -0.39 is 5.97 Å². The average Bonchev–Trinajstić information content (AvgIpc) is 2.95. The molecule has 0 bridgehead atoms. The fourth-order valence-electron chi connectivity index (χ4n) is 4.56. The Morgan fingerprint density at radius 3 is 2.58 bits per heavy atom. The lowest BCUT2D eigenvalue weighted by Crippen LogP contribution is -2.50. The van der Waals surface area contributed by atoms with Crippen molar-refractivity contribution in [1.82, 2.24) is 5.32 Å². The molecule has 1 aromatic rings. The Labute approximate surface area is 150 Å². The highest BCUT2D eigenvalue weighted by atomic mass is 79.9. The van der Waals surface area contributed by atoms with Crippen molar-refractivity contribution in [2.45, 2.75) is 58.2 Å². The number of halogens is 1. The van der Waals surface area contributed by atoms with Crippen molar-refractivity contribution in [3.8, 4) is 0 Å². The smallest absolute Gasteiger partial charge is 0.335 e. The van der Waals surface area contributed by atoms with Gasteiger partial charge in [-0.05, 0) is 59.8 Å². The molecule has 6 heteroatoms. The Morgan fingerprint density at radius 1 is 1.38 bits per heavy atom. The predicted molar refractivity (Wildman–Crippen MR) is 96.6 cm³/mol. The van der Waals surface area contributed by atoms with E-state index in [4.69, 9.17) is 0 Å². The van der Waals surface area contributed by atoms with Crippen LogP contribution in [0.5, 0.6) is 0 Å². The van der Waals surface area contributed by atoms with Crippen LogP contribution in [0.15, 0.2) is 16.6 Å². The summed E-state index contributed by atoms with van der Waals surface area (Å²) in [7, 11) is 0. The van der Waals surface area contributed by atoms with E-state index in [1.165, 1.54) is 0 Å². The van der Waals surface area contributed by atoms with Gasteiger partial charge in [0.1, 0.15) is 0 Å². The van der Waals surface area contributed by atoms with E-state index in [-0.39, 0.29) is 30.0 Å². The van der Waals surface area contributed by atoms with Gasteiger partial charge in [0.15, 0.2) is 0 Å². The third-order valence-electron chi connectivity index (χ3n) is 5.24. The van der Waals surface area contributed by atoms with E-state index in [1.54, 1.807) is 13.0 Å². The van der Waals surface area contributed by atoms with Gasteiger partial charge in [0.2, 0.25) is 5.91 Å². The summed E-state index contributed by atoms with van der Waals surface area (Å²) in [4.78, 5) is 25.4. The highest BCUT2D eigenvalue weighted by molar-refractivity contribution is 9.10. The molecule has 2 aliphatic rings. The number of anilines is 1. The summed E-state index contributed by atoms with van der Waals surface area (Å²) in [5.41, 5.74) is 2.47. The molecule has 1 amide bonds. The van der Waals surface area contributed by atoms with Crippen LogP contribution in [0.3, 0.4) is 0 Å². The molecule has 0 radical (unpaired) electrons. The minimum Gasteiger partial charge on any atom is -0.478 e. The highest BCUT2D eigenvalue weighted by Crippen LogP contribution is 2.55. The van der Waals surface area contributed by atoms with Gasteiger partial charge in [0, 0.05) is 23.4 Å². The first-order chi connectivity index (χ1) is 11.2. The average molecular weight is 395 g/mol. The molecule has 0 aromatic heterocycles. The molecule has 130 valence electrons. The van der Waals surface area contributed by atoms with Gasteiger partial charge in [-0.3, -0.25) is 4.79 Å². The number of hydrogen-bond acceptors (Lipinski definition) is 3. The second-order valence-electron chi connectivity index (χ2n) is 7.24. The quantitative estimate of drug-likeness (QED) is 0.824. The minimum absolute atomic E-state index is 0.0159. The number of rotatable bonds is 3. The number of fused-ring (bicyclic) bond motifs is 3. The number of benzene rings is 1. The van der Waals surface area contributed by atoms with Crippen molar-refractivity contribution in [3.63, 3.8) is 0 Å². The number of carboxylic acid groups (broad SMARTS) is 1. The van der Waals surface area contributed by atoms with Crippen LogP contribution in [0.25, 0.3) is 0 Å². The zero-order chi connectivity index (χ0) is 17.8. The summed E-state index contributed by atoms with van der Waals surface area (Å²) in [6.07, 6.45) is 0.909. The van der Waals surface area contributed by atoms with Gasteiger partial charge in [-0.25, -0.2) is 4.79 Å². The van der Waals surface area contributed by atoms with Gasteiger partial charge in [-0.15, -0.1) is 0 Å². The largest absolute Gasteiger partial charge is 0.478 e. The summed E-state index contributed by atoms with van der Waals surface area (Å²) in [5, 5.41) is 12.5. The molecule has 4 atom stereocenters. The van der Waals surface area contributed by atoms with Crippen LogP contribution in [0, 0.1) is 5.92 Å². The van der Waals surface area contributed by atoms with Gasteiger partial charge < -0.3 is 15.3 Å². The second-order valence-corrected chi connectivity index (χ2v) is 8.09. The maximum atomic E-state index is 11.6. The predicted octanol–water partition coefficient (Wildman–Crippen LogP) is 3.37. The summed E-state index contributed by atoms with van der Waals surface area (Å²) < 4.78 is 0.814. The van der Waals surface area contributed by atoms with Crippen LogP contribution < -0.4 is 10.2 Å². The molecule has 1 saturated carbocycles. The van der Waals surface area contributed by atoms with Crippen molar-refractivity contribution < 1.29 is 14.7 Å². The summed E-state index contributed by atoms with van der Waals surface area (Å²) in [5.74, 6) is -0.319. The topological polar surface area (TPSA) is 69.6 Å². The van der Waals surface area contributed by atoms with Crippen LogP contribution in [0.2, 0.25) is 0 Å². The van der Waals surface area contributed by atoms with Gasteiger partial charge in [-0.1, -0.05) is 6.92 Å². The van der Waals surface area contributed by atoms with E-state index in [1.807, 2.05) is 6.07 Å². The molecule has 0 saturated heterocycles. The molecule has 4 unspecified atom stereocenters. The normalized spacial score (nSPS) is 28.0. The number of nitrogens with zero attached hydrogens (tertiary/aromatic N) is 1. The first-order valence-corrected chi connectivity index (χ1v) is 9.13. The second kappa shape index (κ2) is 6.06. The fourth-order valence-corrected chi connectivity index (χ4v) is 5.24. The molecule has 1 aliphatic carbocycles. The van der Waals surface area contributed by atoms with Crippen molar-refractivity contribution >= 4 is 33.5 Å². The molecular weight excluding hydrogens is 372 g/mol. The molecule has 1 fully saturated rings. The monoisotopic (exact) mass is 394 g/mol. The number of carbonyl (C=O) groups excluding carboxylic acids is 1. The lowest BCUT2D eigenvalue weighted by atomic mass is 9.89. The van der Waals surface area contributed by atoms with E-state index in [0.717, 1.165) is 22.1 Å². The lowest BCUT2D eigenvalue weighted by Gasteiger charge is -2.35. The van der Waals surface area contributed by atoms with E-state index in [0.29, 0.717) is 11.5 Å². The molecule has 1 heterocycles. The molecule has 1 aromatic carbocycles. The number of nitrogens with one attached hydrogen (secondary N) is 1. The lowest BCUT2D eigenvalue weighted by molar-refractivity contribution is -0.119. The van der Waals surface area contributed by atoms with Gasteiger partial charge in [0.05, 0.1) is 23.3 Å². The first-order valence-electron chi connectivity index (χ1n) is 8.34. The Morgan fingerprint density at radius 2 is 2.04 bits per heavy atom. The van der Waals surface area contributed by atoms with Gasteiger partial charge in [0.25, 0.3) is 0 Å². The third-order valence-corrected chi connectivity index (χ3v) is 5.85. The van der Waals surface area contributed by atoms with Crippen LogP contribution in [0.4, 0.5) is 5.69 Å². The molecule has 1 aliphatic heterocycles. The highest BCUT2D eigenvalue weighted by Gasteiger charge is 2.52. The SMILES string of the molecule is CC(=O)NC1CC(C)C2c3cc(C(=O)O)cc(Br)c3N(C(C)C)C12. The van der Waals surface area contributed by atoms with Gasteiger partial charge >= 0.3 is 5.97 Å². The third kappa shape index (κ3) is 2.61. The molecule has 24 heavy (non-hydrogen) atoms. The zero-order valence-corrected chi connectivity index (χ0v) is 15.9. The van der Waals surface area contributed by atoms with E-state index in [2.05, 4.69) is 46.9 Å². The molecular formula is C18H23BrN2O3. The number of carboxylic acids is 1. The van der Waals surface area contributed by atoms with Crippen molar-refractivity contribution in [2.24, 2.45) is 5.92 Å². The maximum absolute atomic E-state index is 11.6. The first kappa shape index (κ1) is 17.3. The van der Waals surface area contributed by atoms with Crippen molar-refractivity contribution in [3.05, 3.63) is 27.7 Å². The summed E-state index contributed by atoms with van der Waals surface area (Å²) >= 11 is 3.58. The van der Waals surface area contributed by atoms with Crippen LogP contribution in [0.1, 0.15) is 56.0 Å². The standard InChI is InChI=1S/C18H23BrN2O3/c1-8(2)21-16-12(6-11(18(23)24)7-13(16)19)15-9(3)5-14(17(15)21)20-10(4)22/h6-9,14-15,17H,5H2,1-4H3,(H,20,22)(H,23,24). The zero-order valence-electron chi connectivity index (χ0n) is 14.3.